The normalized spacial score (nSPS) is 13.4. The van der Waals surface area contributed by atoms with Crippen LogP contribution in [0.4, 0.5) is 23.0 Å². The molecular formula is C23H27N5O2S. The molecule has 1 aliphatic rings. The first-order valence-electron chi connectivity index (χ1n) is 10.3. The number of sulfonamides is 1. The molecule has 0 saturated heterocycles. The molecule has 4 rings (SSSR count). The lowest BCUT2D eigenvalue weighted by Crippen LogP contribution is -2.14. The molecule has 0 amide bonds. The van der Waals surface area contributed by atoms with Gasteiger partial charge in [0.1, 0.15) is 17.5 Å². The fourth-order valence-corrected chi connectivity index (χ4v) is 4.81. The minimum Gasteiger partial charge on any atom is -0.363 e. The first-order chi connectivity index (χ1) is 14.8. The topological polar surface area (TPSA) is 87.2 Å². The van der Waals surface area contributed by atoms with Crippen molar-refractivity contribution >= 4 is 33.0 Å². The summed E-state index contributed by atoms with van der Waals surface area (Å²) in [7, 11) is 0.215. The van der Waals surface area contributed by atoms with E-state index in [-0.39, 0.29) is 0 Å². The second-order valence-electron chi connectivity index (χ2n) is 8.00. The Kier molecular flexibility index (Phi) is 5.82. The number of nitrogens with zero attached hydrogens (tertiary/aromatic N) is 3. The predicted octanol–water partition coefficient (Wildman–Crippen LogP) is 4.27. The summed E-state index contributed by atoms with van der Waals surface area (Å²) in [6, 6.07) is 14.4. The van der Waals surface area contributed by atoms with Crippen molar-refractivity contribution in [1.82, 2.24) is 9.97 Å². The van der Waals surface area contributed by atoms with Crippen LogP contribution in [0, 0.1) is 6.92 Å². The highest BCUT2D eigenvalue weighted by atomic mass is 32.2. The van der Waals surface area contributed by atoms with Crippen molar-refractivity contribution in [3.8, 4) is 0 Å². The van der Waals surface area contributed by atoms with Gasteiger partial charge in [-0.15, -0.1) is 0 Å². The average molecular weight is 438 g/mol. The highest BCUT2D eigenvalue weighted by molar-refractivity contribution is 7.92. The molecule has 2 N–H and O–H groups in total. The number of aryl methyl sites for hydroxylation is 3. The molecule has 2 aromatic carbocycles. The summed E-state index contributed by atoms with van der Waals surface area (Å²) < 4.78 is 28.4. The maximum atomic E-state index is 12.9. The van der Waals surface area contributed by atoms with E-state index in [0.29, 0.717) is 22.2 Å². The van der Waals surface area contributed by atoms with Gasteiger partial charge in [-0.2, -0.15) is 0 Å². The van der Waals surface area contributed by atoms with Crippen molar-refractivity contribution in [3.63, 3.8) is 0 Å². The molecule has 7 nitrogen and oxygen atoms in total. The first-order valence-corrected chi connectivity index (χ1v) is 11.8. The molecule has 0 atom stereocenters. The zero-order valence-electron chi connectivity index (χ0n) is 18.0. The lowest BCUT2D eigenvalue weighted by molar-refractivity contribution is 0.600. The molecule has 0 spiro atoms. The summed E-state index contributed by atoms with van der Waals surface area (Å²) in [5.41, 5.74) is 3.72. The minimum absolute atomic E-state index is 0.308. The number of hydrogen-bond donors (Lipinski definition) is 2. The Morgan fingerprint density at radius 2 is 1.55 bits per heavy atom. The second-order valence-corrected chi connectivity index (χ2v) is 9.68. The summed E-state index contributed by atoms with van der Waals surface area (Å²) in [5.74, 6) is 2.16. The van der Waals surface area contributed by atoms with E-state index in [4.69, 9.17) is 0 Å². The van der Waals surface area contributed by atoms with Crippen LogP contribution in [0.2, 0.25) is 0 Å². The van der Waals surface area contributed by atoms with Crippen molar-refractivity contribution < 1.29 is 8.42 Å². The Morgan fingerprint density at radius 3 is 2.26 bits per heavy atom. The molecule has 0 radical (unpaired) electrons. The van der Waals surface area contributed by atoms with Crippen LogP contribution >= 0.6 is 0 Å². The summed E-state index contributed by atoms with van der Waals surface area (Å²) in [6.45, 7) is 1.84. The number of anilines is 4. The summed E-state index contributed by atoms with van der Waals surface area (Å²) in [5, 5.41) is 3.24. The molecule has 162 valence electrons. The van der Waals surface area contributed by atoms with E-state index in [1.54, 1.807) is 18.2 Å². The Bertz CT molecular complexity index is 1190. The summed E-state index contributed by atoms with van der Waals surface area (Å²) >= 11 is 0. The zero-order valence-corrected chi connectivity index (χ0v) is 18.8. The molecule has 0 saturated carbocycles. The lowest BCUT2D eigenvalue weighted by atomic mass is 9.92. The average Bonchev–Trinajstić information content (AvgIpc) is 2.74. The largest absolute Gasteiger partial charge is 0.363 e. The molecule has 8 heteroatoms. The number of rotatable bonds is 6. The van der Waals surface area contributed by atoms with E-state index in [9.17, 15) is 8.42 Å². The van der Waals surface area contributed by atoms with Gasteiger partial charge in [-0.1, -0.05) is 6.07 Å². The highest BCUT2D eigenvalue weighted by Gasteiger charge is 2.18. The third-order valence-corrected chi connectivity index (χ3v) is 6.70. The van der Waals surface area contributed by atoms with Crippen molar-refractivity contribution in [2.24, 2.45) is 0 Å². The number of benzene rings is 2. The lowest BCUT2D eigenvalue weighted by Gasteiger charge is -2.17. The Labute approximate surface area is 183 Å². The van der Waals surface area contributed by atoms with Crippen LogP contribution < -0.4 is 14.9 Å². The molecule has 1 aromatic heterocycles. The maximum absolute atomic E-state index is 12.9. The monoisotopic (exact) mass is 437 g/mol. The van der Waals surface area contributed by atoms with Gasteiger partial charge in [0.05, 0.1) is 4.90 Å². The number of hydrogen-bond acceptors (Lipinski definition) is 6. The van der Waals surface area contributed by atoms with E-state index >= 15 is 0 Å². The maximum Gasteiger partial charge on any atom is 0.261 e. The van der Waals surface area contributed by atoms with Crippen LogP contribution in [-0.2, 0) is 22.9 Å². The van der Waals surface area contributed by atoms with Crippen LogP contribution in [0.1, 0.15) is 29.8 Å². The van der Waals surface area contributed by atoms with Crippen molar-refractivity contribution in [1.29, 1.82) is 0 Å². The van der Waals surface area contributed by atoms with E-state index in [2.05, 4.69) is 20.0 Å². The van der Waals surface area contributed by atoms with Gasteiger partial charge in [0, 0.05) is 31.5 Å². The van der Waals surface area contributed by atoms with Gasteiger partial charge in [-0.3, -0.25) is 4.72 Å². The van der Waals surface area contributed by atoms with Gasteiger partial charge in [0.2, 0.25) is 0 Å². The van der Waals surface area contributed by atoms with E-state index in [1.165, 1.54) is 12.0 Å². The van der Waals surface area contributed by atoms with Crippen LogP contribution in [0.15, 0.2) is 53.4 Å². The van der Waals surface area contributed by atoms with Crippen molar-refractivity contribution in [3.05, 3.63) is 65.5 Å². The van der Waals surface area contributed by atoms with Crippen LogP contribution in [0.5, 0.6) is 0 Å². The zero-order chi connectivity index (χ0) is 22.0. The third-order valence-electron chi connectivity index (χ3n) is 5.32. The predicted molar refractivity (Wildman–Crippen MR) is 125 cm³/mol. The minimum atomic E-state index is -3.64. The molecule has 0 bridgehead atoms. The van der Waals surface area contributed by atoms with Crippen LogP contribution in [-0.4, -0.2) is 32.5 Å². The highest BCUT2D eigenvalue weighted by Crippen LogP contribution is 2.26. The van der Waals surface area contributed by atoms with E-state index in [1.807, 2.05) is 56.3 Å². The molecule has 1 heterocycles. The van der Waals surface area contributed by atoms with Gasteiger partial charge in [0.25, 0.3) is 10.0 Å². The Balaban J connectivity index is 1.48. The second kappa shape index (κ2) is 8.55. The van der Waals surface area contributed by atoms with Gasteiger partial charge in [-0.05, 0) is 80.1 Å². The summed E-state index contributed by atoms with van der Waals surface area (Å²) in [6.07, 6.45) is 4.25. The van der Waals surface area contributed by atoms with Gasteiger partial charge < -0.3 is 10.2 Å². The first kappa shape index (κ1) is 21.1. The van der Waals surface area contributed by atoms with Crippen LogP contribution in [0.25, 0.3) is 0 Å². The smallest absolute Gasteiger partial charge is 0.261 e. The Morgan fingerprint density at radius 1 is 0.871 bits per heavy atom. The van der Waals surface area contributed by atoms with Crippen LogP contribution in [0.3, 0.4) is 0 Å². The van der Waals surface area contributed by atoms with Crippen molar-refractivity contribution in [2.45, 2.75) is 37.5 Å². The fourth-order valence-electron chi connectivity index (χ4n) is 3.71. The SMILES string of the molecule is Cc1nc(Nc2ccc(NS(=O)(=O)c3ccc4c(c3)CCCC4)cc2)cc(N(C)C)n1. The molecule has 3 aromatic rings. The molecule has 0 aliphatic heterocycles. The fraction of sp³-hybridized carbons (Fsp3) is 0.304. The molecule has 1 aliphatic carbocycles. The van der Waals surface area contributed by atoms with Crippen molar-refractivity contribution in [2.75, 3.05) is 29.0 Å². The standard InChI is InChI=1S/C23H27N5O2S/c1-16-24-22(15-23(25-16)28(2)3)26-19-9-11-20(12-10-19)27-31(29,30)21-13-8-17-6-4-5-7-18(17)14-21/h8-15,27H,4-7H2,1-3H3,(H,24,25,26). The van der Waals surface area contributed by atoms with E-state index < -0.39 is 10.0 Å². The van der Waals surface area contributed by atoms with Gasteiger partial charge in [0.15, 0.2) is 0 Å². The number of nitrogens with one attached hydrogen (secondary N) is 2. The summed E-state index contributed by atoms with van der Waals surface area (Å²) in [4.78, 5) is 11.0. The molecule has 0 fully saturated rings. The van der Waals surface area contributed by atoms with Gasteiger partial charge in [-0.25, -0.2) is 18.4 Å². The molecular weight excluding hydrogens is 410 g/mol. The number of aromatic nitrogens is 2. The Hall–Kier alpha value is -3.13. The quantitative estimate of drug-likeness (QED) is 0.599. The molecule has 0 unspecified atom stereocenters. The molecule has 31 heavy (non-hydrogen) atoms. The third kappa shape index (κ3) is 4.96. The van der Waals surface area contributed by atoms with E-state index in [0.717, 1.165) is 36.3 Å². The number of fused-ring (bicyclic) bond motifs is 1. The van der Waals surface area contributed by atoms with Gasteiger partial charge >= 0.3 is 0 Å².